The molecule has 2 aromatic rings. The number of aromatic nitrogens is 2. The third kappa shape index (κ3) is 2.15. The zero-order valence-corrected chi connectivity index (χ0v) is 11.2. The molecule has 3 rings (SSSR count). The summed E-state index contributed by atoms with van der Waals surface area (Å²) < 4.78 is 17.7. The molecular weight excluding hydrogens is 243 g/mol. The van der Waals surface area contributed by atoms with Crippen molar-refractivity contribution in [1.82, 2.24) is 4.57 Å². The van der Waals surface area contributed by atoms with E-state index >= 15 is 0 Å². The standard InChI is InChI=1S/C15H18FN2O/c1-11(19)10-18-13-7-6-12(16)9-14(13)17-8-4-2-3-5-15(17)18/h6-7,9H,2-5,8,10H2,1H3/q+1. The first-order valence-electron chi connectivity index (χ1n) is 6.87. The number of ketones is 1. The van der Waals surface area contributed by atoms with E-state index in [1.165, 1.54) is 12.5 Å². The topological polar surface area (TPSA) is 25.9 Å². The van der Waals surface area contributed by atoms with Gasteiger partial charge in [0.2, 0.25) is 0 Å². The van der Waals surface area contributed by atoms with Gasteiger partial charge in [-0.05, 0) is 38.3 Å². The predicted octanol–water partition coefficient (Wildman–Crippen LogP) is 2.38. The molecule has 0 amide bonds. The third-order valence-electron chi connectivity index (χ3n) is 3.81. The number of hydrogen-bond donors (Lipinski definition) is 0. The Kier molecular flexibility index (Phi) is 3.09. The monoisotopic (exact) mass is 261 g/mol. The van der Waals surface area contributed by atoms with E-state index in [1.54, 1.807) is 19.1 Å². The van der Waals surface area contributed by atoms with Crippen LogP contribution in [0.4, 0.5) is 4.39 Å². The number of carbonyl (C=O) groups is 1. The van der Waals surface area contributed by atoms with Crippen LogP contribution in [0.15, 0.2) is 18.2 Å². The minimum atomic E-state index is -0.216. The number of hydrogen-bond acceptors (Lipinski definition) is 1. The zero-order valence-electron chi connectivity index (χ0n) is 11.2. The van der Waals surface area contributed by atoms with E-state index in [0.717, 1.165) is 42.7 Å². The Balaban J connectivity index is 2.26. The first-order chi connectivity index (χ1) is 9.16. The average molecular weight is 261 g/mol. The Bertz CT molecular complexity index is 645. The maximum Gasteiger partial charge on any atom is 0.257 e. The first-order valence-corrected chi connectivity index (χ1v) is 6.87. The predicted molar refractivity (Wildman–Crippen MR) is 70.3 cm³/mol. The molecule has 1 aliphatic heterocycles. The molecule has 3 nitrogen and oxygen atoms in total. The van der Waals surface area contributed by atoms with Gasteiger partial charge in [-0.15, -0.1) is 0 Å². The number of fused-ring (bicyclic) bond motifs is 3. The largest absolute Gasteiger partial charge is 0.296 e. The third-order valence-corrected chi connectivity index (χ3v) is 3.81. The number of nitrogens with zero attached hydrogens (tertiary/aromatic N) is 2. The molecule has 1 aliphatic rings. The lowest BCUT2D eigenvalue weighted by Gasteiger charge is -1.99. The normalized spacial score (nSPS) is 15.3. The molecule has 1 aromatic heterocycles. The van der Waals surface area contributed by atoms with Crippen LogP contribution in [0.1, 0.15) is 32.0 Å². The first kappa shape index (κ1) is 12.3. The van der Waals surface area contributed by atoms with Crippen LogP contribution < -0.4 is 4.57 Å². The molecule has 4 heteroatoms. The van der Waals surface area contributed by atoms with Gasteiger partial charge in [-0.1, -0.05) is 0 Å². The summed E-state index contributed by atoms with van der Waals surface area (Å²) in [5, 5.41) is 0. The molecule has 0 saturated heterocycles. The van der Waals surface area contributed by atoms with Crippen molar-refractivity contribution in [2.24, 2.45) is 0 Å². The van der Waals surface area contributed by atoms with Crippen LogP contribution >= 0.6 is 0 Å². The number of imidazole rings is 1. The molecule has 1 aromatic carbocycles. The van der Waals surface area contributed by atoms with Crippen LogP contribution in [0.25, 0.3) is 11.0 Å². The molecular formula is C15H18FN2O+. The summed E-state index contributed by atoms with van der Waals surface area (Å²) in [7, 11) is 0. The van der Waals surface area contributed by atoms with Gasteiger partial charge in [0, 0.05) is 12.5 Å². The summed E-state index contributed by atoms with van der Waals surface area (Å²) in [5.41, 5.74) is 1.88. The highest BCUT2D eigenvalue weighted by molar-refractivity contribution is 5.76. The second-order valence-corrected chi connectivity index (χ2v) is 5.30. The van der Waals surface area contributed by atoms with E-state index in [9.17, 15) is 9.18 Å². The molecule has 0 N–H and O–H groups in total. The van der Waals surface area contributed by atoms with E-state index in [-0.39, 0.29) is 11.6 Å². The molecule has 2 heterocycles. The van der Waals surface area contributed by atoms with Crippen molar-refractivity contribution in [3.8, 4) is 0 Å². The minimum Gasteiger partial charge on any atom is -0.296 e. The van der Waals surface area contributed by atoms with Crippen molar-refractivity contribution >= 4 is 16.8 Å². The second-order valence-electron chi connectivity index (χ2n) is 5.30. The Morgan fingerprint density at radius 1 is 1.37 bits per heavy atom. The SMILES string of the molecule is CC(=O)C[n+]1c2n(c3cc(F)ccc31)CCCCC2. The summed E-state index contributed by atoms with van der Waals surface area (Å²) in [6.07, 6.45) is 4.41. The average Bonchev–Trinajstić information content (AvgIpc) is 2.55. The summed E-state index contributed by atoms with van der Waals surface area (Å²) in [4.78, 5) is 11.5. The van der Waals surface area contributed by atoms with Gasteiger partial charge in [-0.2, -0.15) is 0 Å². The van der Waals surface area contributed by atoms with Gasteiger partial charge in [-0.3, -0.25) is 4.79 Å². The van der Waals surface area contributed by atoms with Crippen molar-refractivity contribution in [2.75, 3.05) is 0 Å². The lowest BCUT2D eigenvalue weighted by atomic mass is 10.2. The van der Waals surface area contributed by atoms with Gasteiger partial charge in [0.25, 0.3) is 5.82 Å². The van der Waals surface area contributed by atoms with Crippen LogP contribution in [0.5, 0.6) is 0 Å². The van der Waals surface area contributed by atoms with Crippen molar-refractivity contribution in [2.45, 2.75) is 45.7 Å². The van der Waals surface area contributed by atoms with Crippen LogP contribution in [0, 0.1) is 5.82 Å². The van der Waals surface area contributed by atoms with Gasteiger partial charge >= 0.3 is 0 Å². The fourth-order valence-corrected chi connectivity index (χ4v) is 3.01. The Labute approximate surface area is 111 Å². The maximum absolute atomic E-state index is 13.5. The van der Waals surface area contributed by atoms with Crippen molar-refractivity contribution in [1.29, 1.82) is 0 Å². The van der Waals surface area contributed by atoms with Gasteiger partial charge in [0.05, 0.1) is 6.54 Å². The molecule has 19 heavy (non-hydrogen) atoms. The number of halogens is 1. The van der Waals surface area contributed by atoms with Crippen LogP contribution in [0.3, 0.4) is 0 Å². The second kappa shape index (κ2) is 4.76. The highest BCUT2D eigenvalue weighted by Gasteiger charge is 2.26. The smallest absolute Gasteiger partial charge is 0.257 e. The minimum absolute atomic E-state index is 0.133. The van der Waals surface area contributed by atoms with Crippen molar-refractivity contribution < 1.29 is 13.8 Å². The molecule has 0 saturated carbocycles. The van der Waals surface area contributed by atoms with Crippen molar-refractivity contribution in [3.63, 3.8) is 0 Å². The molecule has 0 fully saturated rings. The molecule has 0 atom stereocenters. The van der Waals surface area contributed by atoms with E-state index in [4.69, 9.17) is 0 Å². The Morgan fingerprint density at radius 2 is 2.21 bits per heavy atom. The van der Waals surface area contributed by atoms with E-state index in [0.29, 0.717) is 6.54 Å². The number of Topliss-reactive ketones (excluding diaryl/α,β-unsaturated/α-hetero) is 1. The van der Waals surface area contributed by atoms with Crippen LogP contribution in [0.2, 0.25) is 0 Å². The molecule has 0 bridgehead atoms. The van der Waals surface area contributed by atoms with Gasteiger partial charge < -0.3 is 0 Å². The number of rotatable bonds is 2. The lowest BCUT2D eigenvalue weighted by Crippen LogP contribution is -2.40. The highest BCUT2D eigenvalue weighted by Crippen LogP contribution is 2.21. The summed E-state index contributed by atoms with van der Waals surface area (Å²) in [5.74, 6) is 1.08. The van der Waals surface area contributed by atoms with Crippen molar-refractivity contribution in [3.05, 3.63) is 29.8 Å². The zero-order chi connectivity index (χ0) is 13.4. The fourth-order valence-electron chi connectivity index (χ4n) is 3.01. The highest BCUT2D eigenvalue weighted by atomic mass is 19.1. The quantitative estimate of drug-likeness (QED) is 0.762. The number of aryl methyl sites for hydroxylation is 1. The number of carbonyl (C=O) groups excluding carboxylic acids is 1. The maximum atomic E-state index is 13.5. The van der Waals surface area contributed by atoms with Gasteiger partial charge in [0.1, 0.15) is 12.4 Å². The van der Waals surface area contributed by atoms with E-state index < -0.39 is 0 Å². The summed E-state index contributed by atoms with van der Waals surface area (Å²) in [6.45, 7) is 2.90. The Hall–Kier alpha value is -1.71. The molecule has 0 spiro atoms. The van der Waals surface area contributed by atoms with Gasteiger partial charge in [-0.25, -0.2) is 13.5 Å². The molecule has 100 valence electrons. The van der Waals surface area contributed by atoms with Crippen LogP contribution in [-0.4, -0.2) is 10.4 Å². The van der Waals surface area contributed by atoms with E-state index in [1.807, 2.05) is 0 Å². The summed E-state index contributed by atoms with van der Waals surface area (Å²) >= 11 is 0. The lowest BCUT2D eigenvalue weighted by molar-refractivity contribution is -0.666. The molecule has 0 unspecified atom stereocenters. The van der Waals surface area contributed by atoms with Crippen LogP contribution in [-0.2, 0) is 24.3 Å². The number of benzene rings is 1. The summed E-state index contributed by atoms with van der Waals surface area (Å²) in [6, 6.07) is 4.84. The molecule has 0 aliphatic carbocycles. The van der Waals surface area contributed by atoms with Gasteiger partial charge in [0.15, 0.2) is 16.8 Å². The Morgan fingerprint density at radius 3 is 3.00 bits per heavy atom. The van der Waals surface area contributed by atoms with E-state index in [2.05, 4.69) is 9.13 Å². The fraction of sp³-hybridized carbons (Fsp3) is 0.467. The molecule has 0 radical (unpaired) electrons.